The molecule has 0 spiro atoms. The van der Waals surface area contributed by atoms with Gasteiger partial charge in [0.2, 0.25) is 11.9 Å². The molecule has 1 aliphatic carbocycles. The van der Waals surface area contributed by atoms with Gasteiger partial charge in [-0.3, -0.25) is 14.7 Å². The molecular formula is C27H40FN7O2. The molecule has 0 amide bonds. The monoisotopic (exact) mass is 513 g/mol. The molecule has 202 valence electrons. The molecule has 1 aliphatic heterocycles. The SMILES string of the molecule is CCCC(=O)CN1CCC(N(N)c2nc(Nc3ccc(OC)c(F)c3)nc(C3CCCCCC3)n2)CC1. The third kappa shape index (κ3) is 7.35. The highest BCUT2D eigenvalue weighted by molar-refractivity contribution is 5.80. The van der Waals surface area contributed by atoms with Crippen molar-refractivity contribution in [2.24, 2.45) is 5.84 Å². The summed E-state index contributed by atoms with van der Waals surface area (Å²) in [7, 11) is 1.44. The molecule has 1 aromatic carbocycles. The summed E-state index contributed by atoms with van der Waals surface area (Å²) in [5.41, 5.74) is 0.524. The number of hydrogen-bond acceptors (Lipinski definition) is 9. The Kier molecular flexibility index (Phi) is 9.62. The molecule has 0 bridgehead atoms. The minimum absolute atomic E-state index is 0.0631. The summed E-state index contributed by atoms with van der Waals surface area (Å²) >= 11 is 0. The zero-order valence-electron chi connectivity index (χ0n) is 22.1. The second-order valence-corrected chi connectivity index (χ2v) is 10.2. The molecule has 10 heteroatoms. The smallest absolute Gasteiger partial charge is 0.245 e. The van der Waals surface area contributed by atoms with E-state index in [9.17, 15) is 9.18 Å². The van der Waals surface area contributed by atoms with E-state index in [-0.39, 0.29) is 17.7 Å². The van der Waals surface area contributed by atoms with Crippen LogP contribution >= 0.6 is 0 Å². The minimum Gasteiger partial charge on any atom is -0.494 e. The molecule has 3 N–H and O–H groups in total. The molecule has 1 aromatic heterocycles. The van der Waals surface area contributed by atoms with Gasteiger partial charge in [0.15, 0.2) is 11.6 Å². The van der Waals surface area contributed by atoms with E-state index in [1.165, 1.54) is 26.0 Å². The first kappa shape index (κ1) is 27.2. The van der Waals surface area contributed by atoms with E-state index in [1.807, 2.05) is 6.92 Å². The van der Waals surface area contributed by atoms with Crippen molar-refractivity contribution in [2.45, 2.75) is 83.1 Å². The lowest BCUT2D eigenvalue weighted by molar-refractivity contribution is -0.120. The molecular weight excluding hydrogens is 473 g/mol. The number of nitrogens with one attached hydrogen (secondary N) is 1. The van der Waals surface area contributed by atoms with Crippen LogP contribution in [0.25, 0.3) is 0 Å². The fourth-order valence-corrected chi connectivity index (χ4v) is 5.27. The first-order valence-corrected chi connectivity index (χ1v) is 13.6. The number of carbonyl (C=O) groups excluding carboxylic acids is 1. The van der Waals surface area contributed by atoms with Crippen LogP contribution in [-0.4, -0.2) is 58.4 Å². The lowest BCUT2D eigenvalue weighted by Gasteiger charge is -2.36. The predicted octanol–water partition coefficient (Wildman–Crippen LogP) is 4.71. The van der Waals surface area contributed by atoms with Gasteiger partial charge in [-0.25, -0.2) is 10.2 Å². The molecule has 0 radical (unpaired) electrons. The number of carbonyl (C=O) groups is 1. The molecule has 0 unspecified atom stereocenters. The van der Waals surface area contributed by atoms with Crippen LogP contribution in [-0.2, 0) is 4.79 Å². The largest absolute Gasteiger partial charge is 0.494 e. The number of nitrogens with two attached hydrogens (primary N) is 1. The van der Waals surface area contributed by atoms with Crippen molar-refractivity contribution >= 4 is 23.4 Å². The highest BCUT2D eigenvalue weighted by Gasteiger charge is 2.27. The van der Waals surface area contributed by atoms with Crippen LogP contribution in [0.3, 0.4) is 0 Å². The summed E-state index contributed by atoms with van der Waals surface area (Å²) in [6.07, 6.45) is 10.0. The Bertz CT molecular complexity index is 1040. The summed E-state index contributed by atoms with van der Waals surface area (Å²) in [6.45, 7) is 4.16. The topological polar surface area (TPSA) is 110 Å². The standard InChI is InChI=1S/C27H40FN7O2/c1-3-8-22(36)18-34-15-13-21(14-16-34)35(29)27-32-25(19-9-6-4-5-7-10-19)31-26(33-27)30-20-11-12-24(37-2)23(28)17-20/h11-12,17,19,21H,3-10,13-16,18,29H2,1-2H3,(H,30,31,32,33). The van der Waals surface area contributed by atoms with Crippen LogP contribution in [0.4, 0.5) is 22.0 Å². The van der Waals surface area contributed by atoms with Crippen LogP contribution < -0.4 is 20.9 Å². The molecule has 1 saturated carbocycles. The van der Waals surface area contributed by atoms with Crippen LogP contribution in [0.15, 0.2) is 18.2 Å². The van der Waals surface area contributed by atoms with E-state index >= 15 is 0 Å². The Morgan fingerprint density at radius 3 is 2.51 bits per heavy atom. The highest BCUT2D eigenvalue weighted by Crippen LogP contribution is 2.32. The van der Waals surface area contributed by atoms with Crippen LogP contribution in [0.2, 0.25) is 0 Å². The number of Topliss-reactive ketones (excluding diaryl/α,β-unsaturated/α-hetero) is 1. The zero-order chi connectivity index (χ0) is 26.2. The number of ether oxygens (including phenoxy) is 1. The predicted molar refractivity (Wildman–Crippen MR) is 143 cm³/mol. The minimum atomic E-state index is -0.463. The van der Waals surface area contributed by atoms with Gasteiger partial charge in [0.05, 0.1) is 19.7 Å². The van der Waals surface area contributed by atoms with Gasteiger partial charge in [0.25, 0.3) is 0 Å². The molecule has 2 fully saturated rings. The van der Waals surface area contributed by atoms with Gasteiger partial charge < -0.3 is 10.1 Å². The Labute approximate surface area is 219 Å². The third-order valence-corrected chi connectivity index (χ3v) is 7.38. The zero-order valence-corrected chi connectivity index (χ0v) is 22.1. The normalized spacial score (nSPS) is 17.8. The number of likely N-dealkylation sites (tertiary alicyclic amines) is 1. The first-order chi connectivity index (χ1) is 18.0. The number of halogens is 1. The molecule has 4 rings (SSSR count). The summed E-state index contributed by atoms with van der Waals surface area (Å²) in [4.78, 5) is 28.5. The molecule has 9 nitrogen and oxygen atoms in total. The maximum absolute atomic E-state index is 14.3. The molecule has 0 atom stereocenters. The van der Waals surface area contributed by atoms with Crippen molar-refractivity contribution in [3.63, 3.8) is 0 Å². The second kappa shape index (κ2) is 13.1. The van der Waals surface area contributed by atoms with Gasteiger partial charge in [0.1, 0.15) is 11.6 Å². The fraction of sp³-hybridized carbons (Fsp3) is 0.630. The van der Waals surface area contributed by atoms with E-state index in [2.05, 4.69) is 15.2 Å². The highest BCUT2D eigenvalue weighted by atomic mass is 19.1. The van der Waals surface area contributed by atoms with Gasteiger partial charge in [-0.15, -0.1) is 0 Å². The summed E-state index contributed by atoms with van der Waals surface area (Å²) in [5.74, 6) is 8.38. The van der Waals surface area contributed by atoms with Crippen molar-refractivity contribution in [1.29, 1.82) is 0 Å². The van der Waals surface area contributed by atoms with Crippen molar-refractivity contribution in [2.75, 3.05) is 37.1 Å². The number of hydrogen-bond donors (Lipinski definition) is 2. The van der Waals surface area contributed by atoms with Crippen molar-refractivity contribution < 1.29 is 13.9 Å². The van der Waals surface area contributed by atoms with Crippen molar-refractivity contribution in [3.05, 3.63) is 29.8 Å². The van der Waals surface area contributed by atoms with Crippen molar-refractivity contribution in [3.8, 4) is 5.75 Å². The van der Waals surface area contributed by atoms with Gasteiger partial charge >= 0.3 is 0 Å². The molecule has 1 saturated heterocycles. The number of methoxy groups -OCH3 is 1. The average Bonchev–Trinajstić information content (AvgIpc) is 3.19. The Balaban J connectivity index is 1.52. The number of hydrazine groups is 1. The van der Waals surface area contributed by atoms with E-state index in [1.54, 1.807) is 17.1 Å². The van der Waals surface area contributed by atoms with Crippen LogP contribution in [0, 0.1) is 5.82 Å². The maximum atomic E-state index is 14.3. The second-order valence-electron chi connectivity index (χ2n) is 10.2. The molecule has 2 heterocycles. The number of aromatic nitrogens is 3. The number of nitrogens with zero attached hydrogens (tertiary/aromatic N) is 5. The summed E-state index contributed by atoms with van der Waals surface area (Å²) in [6, 6.07) is 4.73. The van der Waals surface area contributed by atoms with Crippen molar-refractivity contribution in [1.82, 2.24) is 19.9 Å². The van der Waals surface area contributed by atoms with E-state index < -0.39 is 5.82 Å². The van der Waals surface area contributed by atoms with Gasteiger partial charge in [0, 0.05) is 37.2 Å². The van der Waals surface area contributed by atoms with E-state index in [4.69, 9.17) is 20.5 Å². The number of benzene rings is 1. The van der Waals surface area contributed by atoms with Gasteiger partial charge in [-0.1, -0.05) is 32.6 Å². The van der Waals surface area contributed by atoms with E-state index in [0.717, 1.165) is 63.9 Å². The Morgan fingerprint density at radius 2 is 1.86 bits per heavy atom. The number of ketones is 1. The molecule has 37 heavy (non-hydrogen) atoms. The Hall–Kier alpha value is -2.85. The van der Waals surface area contributed by atoms with E-state index in [0.29, 0.717) is 36.3 Å². The average molecular weight is 514 g/mol. The van der Waals surface area contributed by atoms with Gasteiger partial charge in [-0.2, -0.15) is 15.0 Å². The number of piperidine rings is 1. The molecule has 2 aromatic rings. The summed E-state index contributed by atoms with van der Waals surface area (Å²) < 4.78 is 19.3. The number of anilines is 3. The lowest BCUT2D eigenvalue weighted by atomic mass is 9.99. The first-order valence-electron chi connectivity index (χ1n) is 13.6. The lowest BCUT2D eigenvalue weighted by Crippen LogP contribution is -2.50. The third-order valence-electron chi connectivity index (χ3n) is 7.38. The van der Waals surface area contributed by atoms with Gasteiger partial charge in [-0.05, 0) is 44.2 Å². The quantitative estimate of drug-likeness (QED) is 0.265. The number of rotatable bonds is 10. The fourth-order valence-electron chi connectivity index (χ4n) is 5.27. The molecule has 2 aliphatic rings. The Morgan fingerprint density at radius 1 is 1.14 bits per heavy atom. The summed E-state index contributed by atoms with van der Waals surface area (Å²) in [5, 5.41) is 4.80. The maximum Gasteiger partial charge on any atom is 0.245 e. The van der Waals surface area contributed by atoms with Crippen LogP contribution in [0.1, 0.15) is 82.9 Å². The van der Waals surface area contributed by atoms with Crippen LogP contribution in [0.5, 0.6) is 5.75 Å².